The number of imidazole rings is 1. The highest BCUT2D eigenvalue weighted by Crippen LogP contribution is 2.23. The van der Waals surface area contributed by atoms with Crippen molar-refractivity contribution < 1.29 is 9.32 Å². The van der Waals surface area contributed by atoms with E-state index in [1.54, 1.807) is 34.9 Å². The van der Waals surface area contributed by atoms with Gasteiger partial charge < -0.3 is 14.4 Å². The average molecular weight is 346 g/mol. The highest BCUT2D eigenvalue weighted by atomic mass is 32.2. The number of thioether (sulfide) groups is 1. The first kappa shape index (κ1) is 16.3. The van der Waals surface area contributed by atoms with Gasteiger partial charge in [0.05, 0.1) is 11.8 Å². The minimum absolute atomic E-state index is 0.257. The minimum atomic E-state index is -0.257. The highest BCUT2D eigenvalue weighted by Gasteiger charge is 2.16. The van der Waals surface area contributed by atoms with Crippen molar-refractivity contribution in [1.82, 2.24) is 29.8 Å². The molecule has 0 aliphatic carbocycles. The number of rotatable bonds is 6. The maximum absolute atomic E-state index is 12.1. The quantitative estimate of drug-likeness (QED) is 0.539. The summed E-state index contributed by atoms with van der Waals surface area (Å²) in [6.07, 6.45) is 5.33. The van der Waals surface area contributed by atoms with Gasteiger partial charge in [0, 0.05) is 50.5 Å². The molecule has 3 aromatic rings. The molecule has 0 aromatic carbocycles. The van der Waals surface area contributed by atoms with Gasteiger partial charge in [-0.2, -0.15) is 5.10 Å². The predicted octanol–water partition coefficient (Wildman–Crippen LogP) is 1.64. The van der Waals surface area contributed by atoms with E-state index in [0.29, 0.717) is 12.3 Å². The summed E-state index contributed by atoms with van der Waals surface area (Å²) < 4.78 is 8.94. The summed E-state index contributed by atoms with van der Waals surface area (Å²) in [6, 6.07) is 1.63. The number of amides is 1. The number of carbonyl (C=O) groups is 1. The van der Waals surface area contributed by atoms with Crippen LogP contribution in [0.5, 0.6) is 0 Å². The third-order valence-electron chi connectivity index (χ3n) is 3.64. The Morgan fingerprint density at radius 2 is 2.25 bits per heavy atom. The van der Waals surface area contributed by atoms with Gasteiger partial charge in [-0.1, -0.05) is 16.9 Å². The summed E-state index contributed by atoms with van der Waals surface area (Å²) in [5.74, 6) is 1.00. The van der Waals surface area contributed by atoms with E-state index in [2.05, 4.69) is 20.6 Å². The van der Waals surface area contributed by atoms with Crippen LogP contribution in [0.3, 0.4) is 0 Å². The van der Waals surface area contributed by atoms with Crippen molar-refractivity contribution in [2.45, 2.75) is 12.1 Å². The molecule has 3 heterocycles. The maximum Gasteiger partial charge on any atom is 0.273 e. The number of aromatic nitrogens is 5. The fourth-order valence-electron chi connectivity index (χ4n) is 2.14. The molecule has 0 atom stereocenters. The number of nitrogens with zero attached hydrogens (tertiary/aromatic N) is 5. The molecule has 3 aromatic heterocycles. The molecule has 0 radical (unpaired) electrons. The molecule has 0 saturated heterocycles. The summed E-state index contributed by atoms with van der Waals surface area (Å²) >= 11 is 1.58. The van der Waals surface area contributed by atoms with E-state index in [-0.39, 0.29) is 11.6 Å². The SMILES string of the molecule is Cc1c(-c2cc(C(=O)NCCSc3nccn3C)no2)cnn1C. The number of hydrogen-bond acceptors (Lipinski definition) is 6. The molecule has 0 fully saturated rings. The monoisotopic (exact) mass is 346 g/mol. The molecule has 0 unspecified atom stereocenters. The van der Waals surface area contributed by atoms with Gasteiger partial charge in [-0.3, -0.25) is 9.48 Å². The number of hydrogen-bond donors (Lipinski definition) is 1. The van der Waals surface area contributed by atoms with Crippen molar-refractivity contribution in [2.24, 2.45) is 14.1 Å². The fraction of sp³-hybridized carbons (Fsp3) is 0.333. The first-order valence-corrected chi connectivity index (χ1v) is 8.39. The summed E-state index contributed by atoms with van der Waals surface area (Å²) in [5, 5.41) is 11.7. The summed E-state index contributed by atoms with van der Waals surface area (Å²) in [6.45, 7) is 2.45. The largest absolute Gasteiger partial charge is 0.355 e. The maximum atomic E-state index is 12.1. The zero-order valence-corrected chi connectivity index (χ0v) is 14.5. The van der Waals surface area contributed by atoms with Crippen molar-refractivity contribution in [3.05, 3.63) is 36.0 Å². The van der Waals surface area contributed by atoms with Gasteiger partial charge in [0.25, 0.3) is 5.91 Å². The van der Waals surface area contributed by atoms with E-state index in [1.165, 1.54) is 0 Å². The van der Waals surface area contributed by atoms with Crippen molar-refractivity contribution in [3.63, 3.8) is 0 Å². The number of carbonyl (C=O) groups excluding carboxylic acids is 1. The molecular formula is C15H18N6O2S. The van der Waals surface area contributed by atoms with E-state index in [9.17, 15) is 4.79 Å². The van der Waals surface area contributed by atoms with E-state index in [0.717, 1.165) is 22.2 Å². The second-order valence-electron chi connectivity index (χ2n) is 5.27. The molecule has 0 aliphatic rings. The van der Waals surface area contributed by atoms with Gasteiger partial charge in [-0.15, -0.1) is 0 Å². The summed E-state index contributed by atoms with van der Waals surface area (Å²) in [5.41, 5.74) is 2.04. The zero-order valence-electron chi connectivity index (χ0n) is 13.7. The van der Waals surface area contributed by atoms with Gasteiger partial charge in [-0.05, 0) is 6.92 Å². The Balaban J connectivity index is 1.54. The second kappa shape index (κ2) is 6.91. The summed E-state index contributed by atoms with van der Waals surface area (Å²) in [4.78, 5) is 16.3. The molecule has 0 aliphatic heterocycles. The number of nitrogens with one attached hydrogen (secondary N) is 1. The van der Waals surface area contributed by atoms with Gasteiger partial charge in [0.1, 0.15) is 0 Å². The van der Waals surface area contributed by atoms with Crippen LogP contribution < -0.4 is 5.32 Å². The van der Waals surface area contributed by atoms with Crippen molar-refractivity contribution in [3.8, 4) is 11.3 Å². The molecule has 0 spiro atoms. The lowest BCUT2D eigenvalue weighted by molar-refractivity contribution is 0.0947. The lowest BCUT2D eigenvalue weighted by Gasteiger charge is -2.03. The average Bonchev–Trinajstić information content (AvgIpc) is 3.27. The van der Waals surface area contributed by atoms with Crippen LogP contribution in [-0.4, -0.2) is 42.7 Å². The Kier molecular flexibility index (Phi) is 4.70. The van der Waals surface area contributed by atoms with Crippen LogP contribution in [0, 0.1) is 6.92 Å². The third kappa shape index (κ3) is 3.35. The van der Waals surface area contributed by atoms with E-state index in [4.69, 9.17) is 4.52 Å². The molecule has 3 rings (SSSR count). The lowest BCUT2D eigenvalue weighted by atomic mass is 10.2. The Bertz CT molecular complexity index is 850. The van der Waals surface area contributed by atoms with E-state index >= 15 is 0 Å². The highest BCUT2D eigenvalue weighted by molar-refractivity contribution is 7.99. The van der Waals surface area contributed by atoms with Gasteiger partial charge in [-0.25, -0.2) is 4.98 Å². The van der Waals surface area contributed by atoms with Crippen LogP contribution >= 0.6 is 11.8 Å². The normalized spacial score (nSPS) is 11.0. The standard InChI is InChI=1S/C15H18N6O2S/c1-10-11(9-18-21(10)3)13-8-12(19-23-13)14(22)16-5-7-24-15-17-4-6-20(15)2/h4,6,8-9H,5,7H2,1-3H3,(H,16,22). The zero-order chi connectivity index (χ0) is 17.1. The molecule has 24 heavy (non-hydrogen) atoms. The van der Waals surface area contributed by atoms with Crippen molar-refractivity contribution in [1.29, 1.82) is 0 Å². The Morgan fingerprint density at radius 1 is 1.42 bits per heavy atom. The first-order chi connectivity index (χ1) is 11.6. The van der Waals surface area contributed by atoms with Crippen LogP contribution in [-0.2, 0) is 14.1 Å². The lowest BCUT2D eigenvalue weighted by Crippen LogP contribution is -2.26. The topological polar surface area (TPSA) is 90.8 Å². The van der Waals surface area contributed by atoms with Gasteiger partial charge >= 0.3 is 0 Å². The smallest absolute Gasteiger partial charge is 0.273 e. The van der Waals surface area contributed by atoms with Crippen LogP contribution in [0.4, 0.5) is 0 Å². The summed E-state index contributed by atoms with van der Waals surface area (Å²) in [7, 11) is 3.79. The molecule has 1 amide bonds. The minimum Gasteiger partial charge on any atom is -0.355 e. The number of aryl methyl sites for hydroxylation is 2. The first-order valence-electron chi connectivity index (χ1n) is 7.40. The molecular weight excluding hydrogens is 328 g/mol. The third-order valence-corrected chi connectivity index (χ3v) is 4.70. The van der Waals surface area contributed by atoms with E-state index < -0.39 is 0 Å². The molecule has 126 valence electrons. The van der Waals surface area contributed by atoms with Crippen LogP contribution in [0.2, 0.25) is 0 Å². The van der Waals surface area contributed by atoms with Crippen molar-refractivity contribution >= 4 is 17.7 Å². The van der Waals surface area contributed by atoms with Crippen LogP contribution in [0.15, 0.2) is 34.3 Å². The Hall–Kier alpha value is -2.55. The van der Waals surface area contributed by atoms with E-state index in [1.807, 2.05) is 31.8 Å². The second-order valence-corrected chi connectivity index (χ2v) is 6.33. The Labute approximate surface area is 143 Å². The van der Waals surface area contributed by atoms with Gasteiger partial charge in [0.15, 0.2) is 16.6 Å². The fourth-order valence-corrected chi connectivity index (χ4v) is 2.92. The van der Waals surface area contributed by atoms with Crippen LogP contribution in [0.25, 0.3) is 11.3 Å². The molecule has 9 heteroatoms. The molecule has 0 bridgehead atoms. The van der Waals surface area contributed by atoms with Gasteiger partial charge in [0.2, 0.25) is 0 Å². The molecule has 0 saturated carbocycles. The molecule has 1 N–H and O–H groups in total. The predicted molar refractivity (Wildman–Crippen MR) is 89.7 cm³/mol. The Morgan fingerprint density at radius 3 is 2.92 bits per heavy atom. The van der Waals surface area contributed by atoms with Crippen molar-refractivity contribution in [2.75, 3.05) is 12.3 Å². The molecule has 8 nitrogen and oxygen atoms in total. The van der Waals surface area contributed by atoms with Crippen LogP contribution in [0.1, 0.15) is 16.2 Å².